The maximum atomic E-state index is 13.1. The van der Waals surface area contributed by atoms with E-state index < -0.39 is 15.8 Å². The minimum absolute atomic E-state index is 0.0804. The molecule has 3 aromatic carbocycles. The average Bonchev–Trinajstić information content (AvgIpc) is 3.05. The van der Waals surface area contributed by atoms with Crippen LogP contribution in [0.3, 0.4) is 0 Å². The number of amides is 1. The largest absolute Gasteiger partial charge is 0.348 e. The zero-order valence-corrected chi connectivity index (χ0v) is 14.9. The third-order valence-electron chi connectivity index (χ3n) is 4.42. The smallest absolute Gasteiger partial charge is 0.261 e. The summed E-state index contributed by atoms with van der Waals surface area (Å²) in [6, 6.07) is 17.4. The van der Waals surface area contributed by atoms with E-state index in [-0.39, 0.29) is 16.5 Å². The van der Waals surface area contributed by atoms with Crippen molar-refractivity contribution in [2.24, 2.45) is 0 Å². The zero-order chi connectivity index (χ0) is 19.0. The van der Waals surface area contributed by atoms with Crippen molar-refractivity contribution < 1.29 is 17.6 Å². The Morgan fingerprint density at radius 1 is 0.926 bits per heavy atom. The van der Waals surface area contributed by atoms with E-state index in [0.717, 1.165) is 28.8 Å². The molecule has 4 rings (SSSR count). The Hall–Kier alpha value is -3.19. The van der Waals surface area contributed by atoms with Gasteiger partial charge in [-0.3, -0.25) is 9.52 Å². The molecule has 1 amide bonds. The molecule has 0 aromatic heterocycles. The Kier molecular flexibility index (Phi) is 4.16. The van der Waals surface area contributed by atoms with Crippen LogP contribution < -0.4 is 10.0 Å². The van der Waals surface area contributed by atoms with Gasteiger partial charge >= 0.3 is 0 Å². The number of halogens is 1. The molecule has 0 atom stereocenters. The number of anilines is 1. The summed E-state index contributed by atoms with van der Waals surface area (Å²) in [6.07, 6.45) is 0. The van der Waals surface area contributed by atoms with Gasteiger partial charge in [0, 0.05) is 6.54 Å². The summed E-state index contributed by atoms with van der Waals surface area (Å²) >= 11 is 0. The average molecular weight is 382 g/mol. The second-order valence-electron chi connectivity index (χ2n) is 6.12. The molecule has 5 nitrogen and oxygen atoms in total. The molecule has 0 unspecified atom stereocenters. The van der Waals surface area contributed by atoms with Crippen LogP contribution in [0.4, 0.5) is 10.1 Å². The highest BCUT2D eigenvalue weighted by Crippen LogP contribution is 2.34. The number of hydrogen-bond acceptors (Lipinski definition) is 3. The maximum Gasteiger partial charge on any atom is 0.261 e. The molecule has 1 aliphatic heterocycles. The summed E-state index contributed by atoms with van der Waals surface area (Å²) in [4.78, 5) is 12.3. The van der Waals surface area contributed by atoms with E-state index in [1.807, 2.05) is 30.3 Å². The number of fused-ring (bicyclic) bond motifs is 1. The van der Waals surface area contributed by atoms with Crippen LogP contribution in [-0.4, -0.2) is 14.3 Å². The molecular weight excluding hydrogens is 367 g/mol. The molecule has 1 heterocycles. The fourth-order valence-electron chi connectivity index (χ4n) is 3.14. The van der Waals surface area contributed by atoms with Crippen LogP contribution in [0, 0.1) is 5.82 Å². The highest BCUT2D eigenvalue weighted by atomic mass is 32.2. The normalized spacial score (nSPS) is 13.1. The van der Waals surface area contributed by atoms with Crippen LogP contribution in [0.1, 0.15) is 15.9 Å². The predicted octanol–water partition coefficient (Wildman–Crippen LogP) is 3.54. The Balaban J connectivity index is 1.78. The summed E-state index contributed by atoms with van der Waals surface area (Å²) in [7, 11) is -3.95. The SMILES string of the molecule is O=C1NCc2c(-c3ccccc3)ccc(NS(=O)(=O)c3ccc(F)cc3)c21. The van der Waals surface area contributed by atoms with Gasteiger partial charge in [0.25, 0.3) is 15.9 Å². The molecule has 27 heavy (non-hydrogen) atoms. The topological polar surface area (TPSA) is 75.3 Å². The molecule has 136 valence electrons. The Bertz CT molecular complexity index is 1130. The molecule has 0 radical (unpaired) electrons. The van der Waals surface area contributed by atoms with Crippen molar-refractivity contribution in [2.45, 2.75) is 11.4 Å². The predicted molar refractivity (Wildman–Crippen MR) is 100 cm³/mol. The van der Waals surface area contributed by atoms with Gasteiger partial charge < -0.3 is 5.32 Å². The lowest BCUT2D eigenvalue weighted by Gasteiger charge is -2.14. The molecule has 0 aliphatic carbocycles. The molecular formula is C20H15FN2O3S. The standard InChI is InChI=1S/C20H15FN2O3S/c21-14-6-8-15(9-7-14)27(25,26)23-18-11-10-16(13-4-2-1-3-5-13)17-12-22-20(24)19(17)18/h1-11,23H,12H2,(H,22,24). The second-order valence-corrected chi connectivity index (χ2v) is 7.80. The lowest BCUT2D eigenvalue weighted by Crippen LogP contribution is -2.17. The number of carbonyl (C=O) groups excluding carboxylic acids is 1. The van der Waals surface area contributed by atoms with Crippen LogP contribution in [-0.2, 0) is 16.6 Å². The van der Waals surface area contributed by atoms with Crippen molar-refractivity contribution in [3.05, 3.63) is 83.7 Å². The molecule has 2 N–H and O–H groups in total. The third-order valence-corrected chi connectivity index (χ3v) is 5.80. The number of sulfonamides is 1. The number of benzene rings is 3. The third kappa shape index (κ3) is 3.17. The summed E-state index contributed by atoms with van der Waals surface area (Å²) in [5.41, 5.74) is 3.06. The van der Waals surface area contributed by atoms with Crippen molar-refractivity contribution in [3.63, 3.8) is 0 Å². The van der Waals surface area contributed by atoms with Gasteiger partial charge in [0.1, 0.15) is 5.82 Å². The first-order valence-electron chi connectivity index (χ1n) is 8.23. The van der Waals surface area contributed by atoms with E-state index >= 15 is 0 Å². The Morgan fingerprint density at radius 2 is 1.63 bits per heavy atom. The Morgan fingerprint density at radius 3 is 2.33 bits per heavy atom. The number of nitrogens with one attached hydrogen (secondary N) is 2. The minimum Gasteiger partial charge on any atom is -0.348 e. The first-order valence-corrected chi connectivity index (χ1v) is 9.72. The molecule has 0 saturated heterocycles. The molecule has 1 aliphatic rings. The van der Waals surface area contributed by atoms with E-state index in [1.165, 1.54) is 12.1 Å². The van der Waals surface area contributed by atoms with E-state index in [4.69, 9.17) is 0 Å². The van der Waals surface area contributed by atoms with Crippen molar-refractivity contribution in [1.29, 1.82) is 0 Å². The van der Waals surface area contributed by atoms with Gasteiger partial charge in [-0.15, -0.1) is 0 Å². The highest BCUT2D eigenvalue weighted by molar-refractivity contribution is 7.92. The molecule has 3 aromatic rings. The molecule has 7 heteroatoms. The van der Waals surface area contributed by atoms with Gasteiger partial charge in [-0.2, -0.15) is 0 Å². The molecule has 0 saturated carbocycles. The summed E-state index contributed by atoms with van der Waals surface area (Å²) in [6.45, 7) is 0.324. The van der Waals surface area contributed by atoms with Gasteiger partial charge in [0.15, 0.2) is 0 Å². The molecule has 0 spiro atoms. The first kappa shape index (κ1) is 17.2. The summed E-state index contributed by atoms with van der Waals surface area (Å²) in [5, 5.41) is 2.75. The van der Waals surface area contributed by atoms with Gasteiger partial charge in [-0.05, 0) is 47.0 Å². The lowest BCUT2D eigenvalue weighted by atomic mass is 9.96. The lowest BCUT2D eigenvalue weighted by molar-refractivity contribution is 0.0966. The molecule has 0 fully saturated rings. The van der Waals surface area contributed by atoms with Crippen LogP contribution in [0.15, 0.2) is 71.6 Å². The summed E-state index contributed by atoms with van der Waals surface area (Å²) < 4.78 is 40.7. The number of rotatable bonds is 4. The van der Waals surface area contributed by atoms with E-state index in [0.29, 0.717) is 12.1 Å². The van der Waals surface area contributed by atoms with Crippen molar-refractivity contribution in [3.8, 4) is 11.1 Å². The minimum atomic E-state index is -3.95. The quantitative estimate of drug-likeness (QED) is 0.725. The van der Waals surface area contributed by atoms with E-state index in [9.17, 15) is 17.6 Å². The summed E-state index contributed by atoms with van der Waals surface area (Å²) in [5.74, 6) is -0.860. The first-order chi connectivity index (χ1) is 13.0. The monoisotopic (exact) mass is 382 g/mol. The van der Waals surface area contributed by atoms with Crippen molar-refractivity contribution in [2.75, 3.05) is 4.72 Å². The van der Waals surface area contributed by atoms with Crippen LogP contribution in [0.2, 0.25) is 0 Å². The molecule has 0 bridgehead atoms. The van der Waals surface area contributed by atoms with Gasteiger partial charge in [-0.25, -0.2) is 12.8 Å². The second kappa shape index (κ2) is 6.51. The van der Waals surface area contributed by atoms with E-state index in [2.05, 4.69) is 10.0 Å². The van der Waals surface area contributed by atoms with Crippen molar-refractivity contribution in [1.82, 2.24) is 5.32 Å². The fourth-order valence-corrected chi connectivity index (χ4v) is 4.21. The van der Waals surface area contributed by atoms with E-state index in [1.54, 1.807) is 12.1 Å². The number of carbonyl (C=O) groups is 1. The maximum absolute atomic E-state index is 13.1. The van der Waals surface area contributed by atoms with Gasteiger partial charge in [-0.1, -0.05) is 36.4 Å². The fraction of sp³-hybridized carbons (Fsp3) is 0.0500. The van der Waals surface area contributed by atoms with Gasteiger partial charge in [0.05, 0.1) is 16.1 Å². The van der Waals surface area contributed by atoms with Gasteiger partial charge in [0.2, 0.25) is 0 Å². The van der Waals surface area contributed by atoms with Crippen LogP contribution in [0.5, 0.6) is 0 Å². The van der Waals surface area contributed by atoms with Crippen LogP contribution in [0.25, 0.3) is 11.1 Å². The highest BCUT2D eigenvalue weighted by Gasteiger charge is 2.28. The zero-order valence-electron chi connectivity index (χ0n) is 14.1. The Labute approximate surface area is 155 Å². The number of hydrogen-bond donors (Lipinski definition) is 2. The van der Waals surface area contributed by atoms with Crippen molar-refractivity contribution >= 4 is 21.6 Å². The van der Waals surface area contributed by atoms with Crippen LogP contribution >= 0.6 is 0 Å².